The molecule has 1 saturated heterocycles. The van der Waals surface area contributed by atoms with Crippen LogP contribution in [0.5, 0.6) is 0 Å². The van der Waals surface area contributed by atoms with Crippen LogP contribution in [0.15, 0.2) is 65.1 Å². The van der Waals surface area contributed by atoms with Gasteiger partial charge >= 0.3 is 5.97 Å². The molecular formula is C24H23ClN2O5S. The maximum Gasteiger partial charge on any atom is 0.337 e. The highest BCUT2D eigenvalue weighted by atomic mass is 35.5. The number of rotatable bonds is 9. The molecule has 2 atom stereocenters. The molecule has 2 N–H and O–H groups in total. The molecule has 0 radical (unpaired) electrons. The standard InChI is InChI=1S/C24H23ClN2O5S/c1-31-12-11-27-22(28)21(33-24(27)26-16-5-3-2-4-6-16)14-17-8-10-20(32-17)15-7-9-19(25)18(13-15)23(29)30/h2-10,13,21,24,26H,11-12,14H2,1H3,(H,29,30). The number of furan rings is 1. The Morgan fingerprint density at radius 3 is 2.73 bits per heavy atom. The van der Waals surface area contributed by atoms with Gasteiger partial charge in [0.2, 0.25) is 5.91 Å². The summed E-state index contributed by atoms with van der Waals surface area (Å²) in [5, 5.41) is 12.6. The van der Waals surface area contributed by atoms with Crippen LogP contribution in [0, 0.1) is 0 Å². The third-order valence-electron chi connectivity index (χ3n) is 5.26. The van der Waals surface area contributed by atoms with E-state index in [4.69, 9.17) is 20.8 Å². The van der Waals surface area contributed by atoms with Crippen molar-refractivity contribution in [1.82, 2.24) is 4.90 Å². The second-order valence-electron chi connectivity index (χ2n) is 7.48. The Labute approximate surface area is 200 Å². The minimum Gasteiger partial charge on any atom is -0.478 e. The van der Waals surface area contributed by atoms with E-state index >= 15 is 0 Å². The number of anilines is 1. The van der Waals surface area contributed by atoms with Gasteiger partial charge in [-0.15, -0.1) is 11.8 Å². The number of carboxylic acids is 1. The highest BCUT2D eigenvalue weighted by molar-refractivity contribution is 8.01. The van der Waals surface area contributed by atoms with Crippen LogP contribution in [-0.4, -0.2) is 52.9 Å². The maximum atomic E-state index is 13.1. The van der Waals surface area contributed by atoms with Crippen molar-refractivity contribution in [3.05, 3.63) is 77.0 Å². The molecule has 1 amide bonds. The van der Waals surface area contributed by atoms with Crippen molar-refractivity contribution in [1.29, 1.82) is 0 Å². The molecule has 4 rings (SSSR count). The minimum absolute atomic E-state index is 0.0113. The Bertz CT molecular complexity index is 1140. The van der Waals surface area contributed by atoms with Crippen LogP contribution in [0.25, 0.3) is 11.3 Å². The second-order valence-corrected chi connectivity index (χ2v) is 9.18. The van der Waals surface area contributed by atoms with Crippen molar-refractivity contribution in [3.8, 4) is 11.3 Å². The molecule has 0 spiro atoms. The van der Waals surface area contributed by atoms with Crippen LogP contribution < -0.4 is 5.32 Å². The molecule has 1 aromatic heterocycles. The molecule has 3 aromatic rings. The molecule has 1 aliphatic heterocycles. The number of carbonyl (C=O) groups is 2. The number of carbonyl (C=O) groups excluding carboxylic acids is 1. The zero-order valence-corrected chi connectivity index (χ0v) is 19.4. The van der Waals surface area contributed by atoms with Gasteiger partial charge in [0.05, 0.1) is 22.4 Å². The predicted octanol–water partition coefficient (Wildman–Crippen LogP) is 4.83. The van der Waals surface area contributed by atoms with Crippen LogP contribution >= 0.6 is 23.4 Å². The second kappa shape index (κ2) is 10.3. The Morgan fingerprint density at radius 1 is 1.21 bits per heavy atom. The lowest BCUT2D eigenvalue weighted by atomic mass is 10.1. The van der Waals surface area contributed by atoms with Crippen molar-refractivity contribution in [2.45, 2.75) is 17.2 Å². The molecule has 7 nitrogen and oxygen atoms in total. The molecule has 1 aliphatic rings. The lowest BCUT2D eigenvalue weighted by Crippen LogP contribution is -2.40. The van der Waals surface area contributed by atoms with Gasteiger partial charge in [-0.25, -0.2) is 4.79 Å². The van der Waals surface area contributed by atoms with E-state index in [0.717, 1.165) is 5.69 Å². The van der Waals surface area contributed by atoms with Gasteiger partial charge in [0, 0.05) is 31.3 Å². The van der Waals surface area contributed by atoms with Crippen LogP contribution in [0.2, 0.25) is 5.02 Å². The molecule has 172 valence electrons. The largest absolute Gasteiger partial charge is 0.478 e. The number of amides is 1. The number of halogens is 1. The summed E-state index contributed by atoms with van der Waals surface area (Å²) in [6.45, 7) is 0.925. The van der Waals surface area contributed by atoms with Gasteiger partial charge in [0.1, 0.15) is 11.5 Å². The molecule has 0 bridgehead atoms. The number of thioether (sulfide) groups is 1. The topological polar surface area (TPSA) is 92.0 Å². The summed E-state index contributed by atoms with van der Waals surface area (Å²) in [7, 11) is 1.61. The molecule has 1 fully saturated rings. The van der Waals surface area contributed by atoms with Gasteiger partial charge in [-0.3, -0.25) is 4.79 Å². The van der Waals surface area contributed by atoms with Crippen molar-refractivity contribution < 1.29 is 23.8 Å². The van der Waals surface area contributed by atoms with E-state index in [-0.39, 0.29) is 27.2 Å². The van der Waals surface area contributed by atoms with E-state index < -0.39 is 5.97 Å². The fourth-order valence-corrected chi connectivity index (χ4v) is 5.18. The lowest BCUT2D eigenvalue weighted by Gasteiger charge is -2.25. The predicted molar refractivity (Wildman–Crippen MR) is 129 cm³/mol. The average Bonchev–Trinajstić information content (AvgIpc) is 3.38. The molecule has 0 aliphatic carbocycles. The molecular weight excluding hydrogens is 464 g/mol. The van der Waals surface area contributed by atoms with E-state index in [0.29, 0.717) is 36.7 Å². The first-order valence-corrected chi connectivity index (χ1v) is 11.7. The summed E-state index contributed by atoms with van der Waals surface area (Å²) in [6, 6.07) is 18.1. The van der Waals surface area contributed by atoms with Gasteiger partial charge < -0.3 is 24.5 Å². The summed E-state index contributed by atoms with van der Waals surface area (Å²) in [5.41, 5.74) is 1.34. The minimum atomic E-state index is -1.10. The number of nitrogens with one attached hydrogen (secondary N) is 1. The summed E-state index contributed by atoms with van der Waals surface area (Å²) in [5.74, 6) is 0.0855. The summed E-state index contributed by atoms with van der Waals surface area (Å²) < 4.78 is 11.1. The fourth-order valence-electron chi connectivity index (χ4n) is 3.60. The molecule has 2 aromatic carbocycles. The first-order valence-electron chi connectivity index (χ1n) is 10.3. The molecule has 2 unspecified atom stereocenters. The molecule has 2 heterocycles. The van der Waals surface area contributed by atoms with E-state index in [2.05, 4.69) is 5.32 Å². The summed E-state index contributed by atoms with van der Waals surface area (Å²) in [4.78, 5) is 26.3. The number of aromatic carboxylic acids is 1. The third kappa shape index (κ3) is 5.35. The van der Waals surface area contributed by atoms with Crippen LogP contribution in [0.3, 0.4) is 0 Å². The fraction of sp³-hybridized carbons (Fsp3) is 0.250. The Morgan fingerprint density at radius 2 is 2.00 bits per heavy atom. The van der Waals surface area contributed by atoms with E-state index in [1.807, 2.05) is 36.4 Å². The normalized spacial score (nSPS) is 18.0. The van der Waals surface area contributed by atoms with Gasteiger partial charge in [-0.2, -0.15) is 0 Å². The quantitative estimate of drug-likeness (QED) is 0.447. The Balaban J connectivity index is 1.49. The van der Waals surface area contributed by atoms with Crippen molar-refractivity contribution in [3.63, 3.8) is 0 Å². The van der Waals surface area contributed by atoms with Gasteiger partial charge in [0.25, 0.3) is 0 Å². The number of hydrogen-bond acceptors (Lipinski definition) is 6. The number of ether oxygens (including phenoxy) is 1. The van der Waals surface area contributed by atoms with Crippen LogP contribution in [0.1, 0.15) is 16.1 Å². The first kappa shape index (κ1) is 23.2. The van der Waals surface area contributed by atoms with Crippen LogP contribution in [-0.2, 0) is 16.0 Å². The number of carboxylic acid groups (broad SMARTS) is 1. The molecule has 33 heavy (non-hydrogen) atoms. The SMILES string of the molecule is COCCN1C(=O)C(Cc2ccc(-c3ccc(Cl)c(C(=O)O)c3)o2)SC1Nc1ccccc1. The van der Waals surface area contributed by atoms with E-state index in [1.165, 1.54) is 23.9 Å². The lowest BCUT2D eigenvalue weighted by molar-refractivity contribution is -0.130. The van der Waals surface area contributed by atoms with Gasteiger partial charge in [0.15, 0.2) is 5.50 Å². The van der Waals surface area contributed by atoms with E-state index in [9.17, 15) is 14.7 Å². The maximum absolute atomic E-state index is 13.1. The number of hydrogen-bond donors (Lipinski definition) is 2. The summed E-state index contributed by atoms with van der Waals surface area (Å²) in [6.07, 6.45) is 0.416. The van der Waals surface area contributed by atoms with Crippen molar-refractivity contribution in [2.24, 2.45) is 0 Å². The first-order chi connectivity index (χ1) is 16.0. The number of nitrogens with zero attached hydrogens (tertiary/aromatic N) is 1. The van der Waals surface area contributed by atoms with Crippen LogP contribution in [0.4, 0.5) is 5.69 Å². The Hall–Kier alpha value is -2.94. The number of para-hydroxylation sites is 1. The van der Waals surface area contributed by atoms with Gasteiger partial charge in [-0.1, -0.05) is 29.8 Å². The highest BCUT2D eigenvalue weighted by Crippen LogP contribution is 2.35. The smallest absolute Gasteiger partial charge is 0.337 e. The number of benzene rings is 2. The zero-order valence-electron chi connectivity index (χ0n) is 17.9. The summed E-state index contributed by atoms with van der Waals surface area (Å²) >= 11 is 7.50. The highest BCUT2D eigenvalue weighted by Gasteiger charge is 2.40. The van der Waals surface area contributed by atoms with Crippen molar-refractivity contribution in [2.75, 3.05) is 25.6 Å². The Kier molecular flexibility index (Phi) is 7.27. The molecule has 9 heteroatoms. The van der Waals surface area contributed by atoms with E-state index in [1.54, 1.807) is 24.1 Å². The number of methoxy groups -OCH3 is 1. The molecule has 0 saturated carbocycles. The van der Waals surface area contributed by atoms with Crippen molar-refractivity contribution >= 4 is 40.9 Å². The zero-order chi connectivity index (χ0) is 23.4. The monoisotopic (exact) mass is 486 g/mol. The van der Waals surface area contributed by atoms with Gasteiger partial charge in [-0.05, 0) is 42.5 Å². The average molecular weight is 487 g/mol. The third-order valence-corrected chi connectivity index (χ3v) is 6.92.